The van der Waals surface area contributed by atoms with Gasteiger partial charge >= 0.3 is 0 Å². The van der Waals surface area contributed by atoms with Crippen molar-refractivity contribution in [2.75, 3.05) is 7.11 Å². The van der Waals surface area contributed by atoms with Gasteiger partial charge in [-0.25, -0.2) is 0 Å². The van der Waals surface area contributed by atoms with Gasteiger partial charge < -0.3 is 9.84 Å². The maximum absolute atomic E-state index is 10.3. The zero-order valence-corrected chi connectivity index (χ0v) is 11.1. The highest BCUT2D eigenvalue weighted by Crippen LogP contribution is 2.31. The average molecular weight is 284 g/mol. The summed E-state index contributed by atoms with van der Waals surface area (Å²) in [7, 11) is 1.54. The molecule has 1 atom stereocenters. The van der Waals surface area contributed by atoms with Crippen molar-refractivity contribution in [2.45, 2.75) is 6.10 Å². The molecule has 0 fully saturated rings. The molecule has 0 spiro atoms. The Balaban J connectivity index is 2.41. The first kappa shape index (κ1) is 13.1. The van der Waals surface area contributed by atoms with Crippen LogP contribution < -0.4 is 4.74 Å². The third-order valence-electron chi connectivity index (χ3n) is 2.52. The normalized spacial score (nSPS) is 12.2. The van der Waals surface area contributed by atoms with E-state index in [1.807, 2.05) is 0 Å². The standard InChI is InChI=1S/C13H11Cl2NO2/c1-18-12-5-3-8(14)6-10(12)13(17)11-4-2-9(15)7-16-11/h2-7,13,17H,1H3. The molecule has 1 aromatic carbocycles. The first-order valence-corrected chi connectivity index (χ1v) is 6.00. The van der Waals surface area contributed by atoms with E-state index in [4.69, 9.17) is 27.9 Å². The Morgan fingerprint density at radius 1 is 1.17 bits per heavy atom. The van der Waals surface area contributed by atoms with Crippen molar-refractivity contribution < 1.29 is 9.84 Å². The number of hydrogen-bond donors (Lipinski definition) is 1. The number of halogens is 2. The summed E-state index contributed by atoms with van der Waals surface area (Å²) in [5.41, 5.74) is 1.06. The zero-order valence-electron chi connectivity index (χ0n) is 9.60. The Kier molecular flexibility index (Phi) is 4.07. The minimum Gasteiger partial charge on any atom is -0.496 e. The molecule has 0 radical (unpaired) electrons. The highest BCUT2D eigenvalue weighted by molar-refractivity contribution is 6.30. The van der Waals surface area contributed by atoms with Crippen LogP contribution in [0.15, 0.2) is 36.5 Å². The van der Waals surface area contributed by atoms with Gasteiger partial charge in [-0.15, -0.1) is 0 Å². The number of methoxy groups -OCH3 is 1. The SMILES string of the molecule is COc1ccc(Cl)cc1C(O)c1ccc(Cl)cn1. The summed E-state index contributed by atoms with van der Waals surface area (Å²) < 4.78 is 5.19. The number of aliphatic hydroxyl groups excluding tert-OH is 1. The fourth-order valence-electron chi connectivity index (χ4n) is 1.63. The number of pyridine rings is 1. The molecule has 0 saturated heterocycles. The van der Waals surface area contributed by atoms with Crippen molar-refractivity contribution in [1.82, 2.24) is 4.98 Å². The molecule has 1 heterocycles. The predicted molar refractivity (Wildman–Crippen MR) is 71.3 cm³/mol. The van der Waals surface area contributed by atoms with Gasteiger partial charge in [-0.1, -0.05) is 23.2 Å². The van der Waals surface area contributed by atoms with Crippen molar-refractivity contribution in [3.63, 3.8) is 0 Å². The second kappa shape index (κ2) is 5.57. The lowest BCUT2D eigenvalue weighted by Crippen LogP contribution is -2.04. The van der Waals surface area contributed by atoms with Crippen molar-refractivity contribution in [3.05, 3.63) is 57.8 Å². The van der Waals surface area contributed by atoms with E-state index in [0.717, 1.165) is 0 Å². The molecule has 0 bridgehead atoms. The summed E-state index contributed by atoms with van der Waals surface area (Å²) in [6.45, 7) is 0. The maximum Gasteiger partial charge on any atom is 0.125 e. The Labute approximate surface area is 115 Å². The smallest absolute Gasteiger partial charge is 0.125 e. The van der Waals surface area contributed by atoms with Crippen LogP contribution in [0.3, 0.4) is 0 Å². The third-order valence-corrected chi connectivity index (χ3v) is 2.98. The van der Waals surface area contributed by atoms with E-state index < -0.39 is 6.10 Å². The van der Waals surface area contributed by atoms with Crippen LogP contribution in [-0.2, 0) is 0 Å². The van der Waals surface area contributed by atoms with Crippen LogP contribution in [0, 0.1) is 0 Å². The van der Waals surface area contributed by atoms with Crippen LogP contribution in [-0.4, -0.2) is 17.2 Å². The van der Waals surface area contributed by atoms with E-state index in [9.17, 15) is 5.11 Å². The summed E-state index contributed by atoms with van der Waals surface area (Å²) in [4.78, 5) is 4.08. The third kappa shape index (κ3) is 2.75. The predicted octanol–water partition coefficient (Wildman–Crippen LogP) is 3.48. The lowest BCUT2D eigenvalue weighted by atomic mass is 10.0. The number of ether oxygens (including phenoxy) is 1. The van der Waals surface area contributed by atoms with Gasteiger partial charge in [0.25, 0.3) is 0 Å². The minimum atomic E-state index is -0.907. The Morgan fingerprint density at radius 2 is 1.89 bits per heavy atom. The summed E-state index contributed by atoms with van der Waals surface area (Å²) in [6.07, 6.45) is 0.577. The van der Waals surface area contributed by atoms with Gasteiger partial charge in [0.05, 0.1) is 17.8 Å². The number of hydrogen-bond acceptors (Lipinski definition) is 3. The second-order valence-corrected chi connectivity index (χ2v) is 4.56. The number of nitrogens with zero attached hydrogens (tertiary/aromatic N) is 1. The van der Waals surface area contributed by atoms with Gasteiger partial charge in [-0.2, -0.15) is 0 Å². The fraction of sp³-hybridized carbons (Fsp3) is 0.154. The van der Waals surface area contributed by atoms with Gasteiger partial charge in [-0.3, -0.25) is 4.98 Å². The highest BCUT2D eigenvalue weighted by Gasteiger charge is 2.17. The van der Waals surface area contributed by atoms with E-state index in [-0.39, 0.29) is 0 Å². The molecule has 1 aromatic heterocycles. The van der Waals surface area contributed by atoms with Gasteiger partial charge in [0, 0.05) is 16.8 Å². The van der Waals surface area contributed by atoms with Crippen LogP contribution in [0.1, 0.15) is 17.4 Å². The first-order valence-electron chi connectivity index (χ1n) is 5.25. The first-order chi connectivity index (χ1) is 8.61. The van der Waals surface area contributed by atoms with Gasteiger partial charge in [-0.05, 0) is 30.3 Å². The van der Waals surface area contributed by atoms with Gasteiger partial charge in [0.2, 0.25) is 0 Å². The van der Waals surface area contributed by atoms with Crippen molar-refractivity contribution in [1.29, 1.82) is 0 Å². The maximum atomic E-state index is 10.3. The number of benzene rings is 1. The molecule has 5 heteroatoms. The monoisotopic (exact) mass is 283 g/mol. The number of aliphatic hydroxyl groups is 1. The molecule has 1 unspecified atom stereocenters. The van der Waals surface area contributed by atoms with E-state index in [1.54, 1.807) is 30.3 Å². The summed E-state index contributed by atoms with van der Waals surface area (Å²) >= 11 is 11.7. The quantitative estimate of drug-likeness (QED) is 0.938. The van der Waals surface area contributed by atoms with Crippen molar-refractivity contribution in [3.8, 4) is 5.75 Å². The van der Waals surface area contributed by atoms with Gasteiger partial charge in [0.1, 0.15) is 11.9 Å². The molecule has 0 aliphatic rings. The van der Waals surface area contributed by atoms with Crippen molar-refractivity contribution >= 4 is 23.2 Å². The van der Waals surface area contributed by atoms with Crippen LogP contribution >= 0.6 is 23.2 Å². The van der Waals surface area contributed by atoms with Crippen molar-refractivity contribution in [2.24, 2.45) is 0 Å². The fourth-order valence-corrected chi connectivity index (χ4v) is 1.92. The largest absolute Gasteiger partial charge is 0.496 e. The Hall–Kier alpha value is -1.29. The molecule has 3 nitrogen and oxygen atoms in total. The Morgan fingerprint density at radius 3 is 2.50 bits per heavy atom. The molecule has 2 rings (SSSR count). The van der Waals surface area contributed by atoms with Gasteiger partial charge in [0.15, 0.2) is 0 Å². The lowest BCUT2D eigenvalue weighted by Gasteiger charge is -2.14. The molecule has 1 N–H and O–H groups in total. The van der Waals surface area contributed by atoms with E-state index >= 15 is 0 Å². The molecule has 94 valence electrons. The van der Waals surface area contributed by atoms with Crippen LogP contribution in [0.2, 0.25) is 10.0 Å². The molecule has 0 aliphatic carbocycles. The Bertz CT molecular complexity index is 543. The minimum absolute atomic E-state index is 0.486. The molecular formula is C13H11Cl2NO2. The van der Waals surface area contributed by atoms with Crippen LogP contribution in [0.5, 0.6) is 5.75 Å². The van der Waals surface area contributed by atoms with E-state index in [1.165, 1.54) is 13.3 Å². The summed E-state index contributed by atoms with van der Waals surface area (Å²) in [5.74, 6) is 0.559. The van der Waals surface area contributed by atoms with E-state index in [2.05, 4.69) is 4.98 Å². The molecule has 0 saturated carbocycles. The molecule has 18 heavy (non-hydrogen) atoms. The van der Waals surface area contributed by atoms with Crippen LogP contribution in [0.25, 0.3) is 0 Å². The second-order valence-electron chi connectivity index (χ2n) is 3.69. The molecule has 0 aliphatic heterocycles. The number of rotatable bonds is 3. The lowest BCUT2D eigenvalue weighted by molar-refractivity contribution is 0.210. The molecule has 2 aromatic rings. The molecular weight excluding hydrogens is 273 g/mol. The average Bonchev–Trinajstić information content (AvgIpc) is 2.39. The highest BCUT2D eigenvalue weighted by atomic mass is 35.5. The summed E-state index contributed by atoms with van der Waals surface area (Å²) in [5, 5.41) is 11.3. The van der Waals surface area contributed by atoms with Crippen LogP contribution in [0.4, 0.5) is 0 Å². The zero-order chi connectivity index (χ0) is 13.1. The summed E-state index contributed by atoms with van der Waals surface area (Å²) in [6, 6.07) is 8.39. The molecule has 0 amide bonds. The van der Waals surface area contributed by atoms with E-state index in [0.29, 0.717) is 27.1 Å². The number of aromatic nitrogens is 1. The topological polar surface area (TPSA) is 42.4 Å².